The number of thiocarbonyl (C=S) groups is 1. The molecule has 2 rings (SSSR count). The summed E-state index contributed by atoms with van der Waals surface area (Å²) < 4.78 is 5.36. The average Bonchev–Trinajstić information content (AvgIpc) is 2.78. The minimum atomic E-state index is 0.00668. The second-order valence-corrected chi connectivity index (χ2v) is 4.86. The van der Waals surface area contributed by atoms with E-state index in [-0.39, 0.29) is 11.9 Å². The molecule has 0 saturated carbocycles. The minimum Gasteiger partial charge on any atom is -0.468 e. The van der Waals surface area contributed by atoms with Gasteiger partial charge in [-0.25, -0.2) is 0 Å². The van der Waals surface area contributed by atoms with Crippen molar-refractivity contribution in [1.82, 2.24) is 4.90 Å². The molecule has 1 fully saturated rings. The zero-order valence-corrected chi connectivity index (χ0v) is 11.6. The fraction of sp³-hybridized carbons (Fsp3) is 0.333. The van der Waals surface area contributed by atoms with E-state index in [1.165, 1.54) is 5.56 Å². The Bertz CT molecular complexity index is 472. The highest BCUT2D eigenvalue weighted by atomic mass is 32.1. The lowest BCUT2D eigenvalue weighted by molar-refractivity contribution is -0.128. The fourth-order valence-corrected chi connectivity index (χ4v) is 2.47. The topological polar surface area (TPSA) is 29.5 Å². The number of rotatable bonds is 5. The Morgan fingerprint density at radius 1 is 1.47 bits per heavy atom. The minimum absolute atomic E-state index is 0.00668. The Morgan fingerprint density at radius 3 is 2.89 bits per heavy atom. The number of allylic oxidation sites excluding steroid dienone is 1. The third-order valence-electron chi connectivity index (χ3n) is 3.11. The van der Waals surface area contributed by atoms with Crippen molar-refractivity contribution >= 4 is 23.3 Å². The highest BCUT2D eigenvalue weighted by Gasteiger charge is 2.34. The maximum absolute atomic E-state index is 12.1. The van der Waals surface area contributed by atoms with Crippen molar-refractivity contribution in [3.63, 3.8) is 0 Å². The van der Waals surface area contributed by atoms with Gasteiger partial charge in [0, 0.05) is 6.42 Å². The van der Waals surface area contributed by atoms with E-state index in [1.807, 2.05) is 30.3 Å². The summed E-state index contributed by atoms with van der Waals surface area (Å²) in [5, 5.41) is 0.301. The van der Waals surface area contributed by atoms with Crippen molar-refractivity contribution in [3.8, 4) is 0 Å². The molecule has 0 spiro atoms. The number of benzene rings is 1. The second kappa shape index (κ2) is 6.48. The molecular formula is C15H17NO2S. The van der Waals surface area contributed by atoms with Gasteiger partial charge in [0.05, 0.1) is 6.04 Å². The third kappa shape index (κ3) is 3.41. The van der Waals surface area contributed by atoms with Crippen LogP contribution in [0, 0.1) is 0 Å². The zero-order valence-electron chi connectivity index (χ0n) is 10.7. The smallest absolute Gasteiger partial charge is 0.266 e. The summed E-state index contributed by atoms with van der Waals surface area (Å²) in [5.41, 5.74) is 1.18. The predicted octanol–water partition coefficient (Wildman–Crippen LogP) is 2.71. The van der Waals surface area contributed by atoms with Gasteiger partial charge in [0.2, 0.25) is 5.91 Å². The molecule has 1 unspecified atom stereocenters. The molecule has 1 aromatic rings. The molecule has 1 saturated heterocycles. The van der Waals surface area contributed by atoms with Crippen LogP contribution in [-0.4, -0.2) is 28.6 Å². The molecular weight excluding hydrogens is 258 g/mol. The molecule has 0 aliphatic carbocycles. The molecule has 4 heteroatoms. The van der Waals surface area contributed by atoms with Gasteiger partial charge in [-0.2, -0.15) is 0 Å². The lowest BCUT2D eigenvalue weighted by Gasteiger charge is -2.21. The van der Waals surface area contributed by atoms with Crippen molar-refractivity contribution in [3.05, 3.63) is 48.6 Å². The van der Waals surface area contributed by atoms with Crippen LogP contribution in [0.5, 0.6) is 0 Å². The molecule has 3 nitrogen and oxygen atoms in total. The number of hydrogen-bond donors (Lipinski definition) is 0. The maximum atomic E-state index is 12.1. The van der Waals surface area contributed by atoms with Gasteiger partial charge in [-0.3, -0.25) is 9.69 Å². The normalized spacial score (nSPS) is 18.2. The molecule has 100 valence electrons. The maximum Gasteiger partial charge on any atom is 0.266 e. The first-order valence-corrected chi connectivity index (χ1v) is 6.77. The quantitative estimate of drug-likeness (QED) is 0.611. The SMILES string of the molecule is C=CCCC(=O)N1C(=S)OCC1Cc1ccccc1. The number of ether oxygens (including phenoxy) is 1. The Hall–Kier alpha value is -1.68. The molecule has 1 aromatic carbocycles. The van der Waals surface area contributed by atoms with Gasteiger partial charge in [-0.1, -0.05) is 36.4 Å². The molecule has 1 amide bonds. The largest absolute Gasteiger partial charge is 0.468 e. The second-order valence-electron chi connectivity index (χ2n) is 4.51. The van der Waals surface area contributed by atoms with Crippen LogP contribution in [0.1, 0.15) is 18.4 Å². The standard InChI is InChI=1S/C15H17NO2S/c1-2-3-9-14(17)16-13(11-18-15(16)19)10-12-7-5-4-6-8-12/h2,4-8,13H,1,3,9-11H2. The van der Waals surface area contributed by atoms with Gasteiger partial charge in [0.15, 0.2) is 0 Å². The van der Waals surface area contributed by atoms with Crippen LogP contribution in [-0.2, 0) is 16.0 Å². The highest BCUT2D eigenvalue weighted by molar-refractivity contribution is 7.80. The van der Waals surface area contributed by atoms with Gasteiger partial charge in [-0.05, 0) is 30.6 Å². The van der Waals surface area contributed by atoms with Crippen LogP contribution in [0.2, 0.25) is 0 Å². The first kappa shape index (κ1) is 13.7. The molecule has 0 aromatic heterocycles. The van der Waals surface area contributed by atoms with Gasteiger partial charge >= 0.3 is 0 Å². The molecule has 1 aliphatic heterocycles. The molecule has 1 heterocycles. The van der Waals surface area contributed by atoms with Crippen LogP contribution in [0.3, 0.4) is 0 Å². The van der Waals surface area contributed by atoms with Crippen molar-refractivity contribution in [1.29, 1.82) is 0 Å². The molecule has 1 atom stereocenters. The lowest BCUT2D eigenvalue weighted by Crippen LogP contribution is -2.39. The first-order valence-electron chi connectivity index (χ1n) is 6.36. The number of amides is 1. The van der Waals surface area contributed by atoms with Crippen molar-refractivity contribution in [2.45, 2.75) is 25.3 Å². The van der Waals surface area contributed by atoms with E-state index < -0.39 is 0 Å². The summed E-state index contributed by atoms with van der Waals surface area (Å²) >= 11 is 5.12. The summed E-state index contributed by atoms with van der Waals surface area (Å²) in [6.07, 6.45) is 3.60. The van der Waals surface area contributed by atoms with Crippen LogP contribution >= 0.6 is 12.2 Å². The summed E-state index contributed by atoms with van der Waals surface area (Å²) in [4.78, 5) is 13.7. The molecule has 0 N–H and O–H groups in total. The molecule has 0 bridgehead atoms. The Labute approximate surface area is 118 Å². The van der Waals surface area contributed by atoms with Gasteiger partial charge in [0.1, 0.15) is 6.61 Å². The Morgan fingerprint density at radius 2 is 2.21 bits per heavy atom. The molecule has 0 radical (unpaired) electrons. The van der Waals surface area contributed by atoms with Crippen LogP contribution in [0.15, 0.2) is 43.0 Å². The predicted molar refractivity (Wildman–Crippen MR) is 78.8 cm³/mol. The van der Waals surface area contributed by atoms with E-state index in [2.05, 4.69) is 6.58 Å². The number of nitrogens with zero attached hydrogens (tertiary/aromatic N) is 1. The van der Waals surface area contributed by atoms with Crippen LogP contribution in [0.4, 0.5) is 0 Å². The Kier molecular flexibility index (Phi) is 4.68. The first-order chi connectivity index (χ1) is 9.22. The van der Waals surface area contributed by atoms with Crippen molar-refractivity contribution in [2.75, 3.05) is 6.61 Å². The van der Waals surface area contributed by atoms with E-state index in [1.54, 1.807) is 11.0 Å². The van der Waals surface area contributed by atoms with Crippen molar-refractivity contribution < 1.29 is 9.53 Å². The van der Waals surface area contributed by atoms with Crippen molar-refractivity contribution in [2.24, 2.45) is 0 Å². The third-order valence-corrected chi connectivity index (χ3v) is 3.42. The van der Waals surface area contributed by atoms with Gasteiger partial charge in [-0.15, -0.1) is 6.58 Å². The van der Waals surface area contributed by atoms with E-state index in [0.29, 0.717) is 24.6 Å². The highest BCUT2D eigenvalue weighted by Crippen LogP contribution is 2.19. The fourth-order valence-electron chi connectivity index (χ4n) is 2.15. The Balaban J connectivity index is 2.05. The van der Waals surface area contributed by atoms with Crippen LogP contribution in [0.25, 0.3) is 0 Å². The molecule has 1 aliphatic rings. The van der Waals surface area contributed by atoms with Crippen LogP contribution < -0.4 is 0 Å². The van der Waals surface area contributed by atoms with Gasteiger partial charge in [0.25, 0.3) is 5.17 Å². The number of carbonyl (C=O) groups excluding carboxylic acids is 1. The van der Waals surface area contributed by atoms with E-state index in [9.17, 15) is 4.79 Å². The lowest BCUT2D eigenvalue weighted by atomic mass is 10.1. The van der Waals surface area contributed by atoms with Gasteiger partial charge < -0.3 is 4.74 Å². The summed E-state index contributed by atoms with van der Waals surface area (Å²) in [6.45, 7) is 4.11. The van der Waals surface area contributed by atoms with E-state index >= 15 is 0 Å². The summed E-state index contributed by atoms with van der Waals surface area (Å²) in [5.74, 6) is 0.0170. The summed E-state index contributed by atoms with van der Waals surface area (Å²) in [7, 11) is 0. The van der Waals surface area contributed by atoms with E-state index in [4.69, 9.17) is 17.0 Å². The average molecular weight is 275 g/mol. The zero-order chi connectivity index (χ0) is 13.7. The molecule has 19 heavy (non-hydrogen) atoms. The number of hydrogen-bond acceptors (Lipinski definition) is 3. The van der Waals surface area contributed by atoms with E-state index in [0.717, 1.165) is 6.42 Å². The summed E-state index contributed by atoms with van der Waals surface area (Å²) in [6, 6.07) is 10.1. The number of carbonyl (C=O) groups is 1. The monoisotopic (exact) mass is 275 g/mol.